The number of rotatable bonds is 22. The van der Waals surface area contributed by atoms with Crippen molar-refractivity contribution in [3.63, 3.8) is 0 Å². The summed E-state index contributed by atoms with van der Waals surface area (Å²) in [7, 11) is 3.47. The lowest BCUT2D eigenvalue weighted by atomic mass is 9.76. The Bertz CT molecular complexity index is 1730. The molecule has 0 amide bonds. The van der Waals surface area contributed by atoms with E-state index in [4.69, 9.17) is 29.7 Å². The van der Waals surface area contributed by atoms with Crippen LogP contribution in [0.1, 0.15) is 84.6 Å². The predicted molar refractivity (Wildman–Crippen MR) is 235 cm³/mol. The summed E-state index contributed by atoms with van der Waals surface area (Å²) in [6.07, 6.45) is 6.78. The number of nitrogens with zero attached hydrogens (tertiary/aromatic N) is 6. The Labute approximate surface area is 353 Å². The lowest BCUT2D eigenvalue weighted by Crippen LogP contribution is -2.70. The molecule has 3 atom stereocenters. The van der Waals surface area contributed by atoms with Gasteiger partial charge in [0, 0.05) is 126 Å². The third kappa shape index (κ3) is 11.0. The van der Waals surface area contributed by atoms with Crippen LogP contribution >= 0.6 is 0 Å². The molecule has 3 saturated heterocycles. The van der Waals surface area contributed by atoms with Crippen LogP contribution in [0.2, 0.25) is 0 Å². The largest absolute Gasteiger partial charge is 0.465 e. The first-order chi connectivity index (χ1) is 28.3. The van der Waals surface area contributed by atoms with Crippen LogP contribution in [0.3, 0.4) is 0 Å². The lowest BCUT2D eigenvalue weighted by molar-refractivity contribution is -0.199. The number of carbonyl (C=O) groups is 2. The zero-order valence-corrected chi connectivity index (χ0v) is 37.1. The summed E-state index contributed by atoms with van der Waals surface area (Å²) in [6.45, 7) is 22.8. The highest BCUT2D eigenvalue weighted by atomic mass is 16.5. The number of nitrogens with two attached hydrogens (primary N) is 1. The molecule has 3 aliphatic heterocycles. The number of hydrogen-bond acceptors (Lipinski definition) is 13. The Morgan fingerprint density at radius 1 is 1.07 bits per heavy atom. The quantitative estimate of drug-likeness (QED) is 0.121. The fraction of sp³-hybridized carbons (Fsp3) is 0.674. The van der Waals surface area contributed by atoms with Crippen molar-refractivity contribution in [2.24, 2.45) is 16.6 Å². The van der Waals surface area contributed by atoms with Crippen molar-refractivity contribution < 1.29 is 28.5 Å². The molecular weight excluding hydrogens is 747 g/mol. The van der Waals surface area contributed by atoms with Gasteiger partial charge in [-0.1, -0.05) is 13.8 Å². The van der Waals surface area contributed by atoms with Gasteiger partial charge in [-0.15, -0.1) is 0 Å². The number of hydrogen-bond donors (Lipinski definition) is 1. The summed E-state index contributed by atoms with van der Waals surface area (Å²) in [6, 6.07) is 11.3. The number of likely N-dealkylation sites (tertiary alicyclic amines) is 1. The maximum absolute atomic E-state index is 12.0. The minimum atomic E-state index is -0.545. The molecule has 4 heterocycles. The first-order valence-electron chi connectivity index (χ1n) is 21.8. The van der Waals surface area contributed by atoms with Gasteiger partial charge in [0.15, 0.2) is 0 Å². The van der Waals surface area contributed by atoms with Gasteiger partial charge in [0.2, 0.25) is 0 Å². The van der Waals surface area contributed by atoms with Crippen LogP contribution in [0.5, 0.6) is 0 Å². The van der Waals surface area contributed by atoms with Gasteiger partial charge in [0.05, 0.1) is 56.2 Å². The Hall–Kier alpha value is -3.59. The molecule has 13 heteroatoms. The minimum absolute atomic E-state index is 0.0328. The molecule has 2 N–H and O–H groups in total. The second-order valence-electron chi connectivity index (χ2n) is 18.2. The van der Waals surface area contributed by atoms with Crippen LogP contribution in [0.15, 0.2) is 42.1 Å². The van der Waals surface area contributed by atoms with Crippen molar-refractivity contribution in [2.45, 2.75) is 91.5 Å². The molecule has 59 heavy (non-hydrogen) atoms. The molecule has 6 rings (SSSR count). The second-order valence-corrected chi connectivity index (χ2v) is 18.2. The molecule has 1 aromatic carbocycles. The van der Waals surface area contributed by atoms with Crippen molar-refractivity contribution in [1.82, 2.24) is 14.8 Å². The molecule has 3 unspecified atom stereocenters. The van der Waals surface area contributed by atoms with Gasteiger partial charge in [0.25, 0.3) is 0 Å². The smallest absolute Gasteiger partial charge is 0.302 e. The Kier molecular flexibility index (Phi) is 15.1. The van der Waals surface area contributed by atoms with Crippen molar-refractivity contribution in [3.05, 3.63) is 53.4 Å². The molecule has 0 radical (unpaired) electrons. The number of pyridine rings is 1. The third-order valence-corrected chi connectivity index (χ3v) is 12.8. The molecule has 13 nitrogen and oxygen atoms in total. The number of esters is 1. The Morgan fingerprint density at radius 3 is 2.31 bits per heavy atom. The van der Waals surface area contributed by atoms with E-state index >= 15 is 0 Å². The average Bonchev–Trinajstić information content (AvgIpc) is 4.05. The van der Waals surface area contributed by atoms with Crippen LogP contribution in [-0.2, 0) is 28.5 Å². The third-order valence-electron chi connectivity index (χ3n) is 12.8. The molecule has 1 spiro atoms. The molecule has 1 aliphatic carbocycles. The molecule has 2 aromatic rings. The van der Waals surface area contributed by atoms with Crippen molar-refractivity contribution in [2.75, 3.05) is 114 Å². The zero-order chi connectivity index (χ0) is 42.3. The normalized spacial score (nSPS) is 20.3. The number of allylic oxidation sites excluding steroid dienone is 1. The standard InChI is InChI=1S/C46H71N7O6/c1-9-53(38-14-12-36(13-15-38)49(22-23-56-7)17-16-42(41(47)27-54)52-28-46(29-52)31-58-32-46)44(33(2)25-45(5,6)30-59-35(4)55)40-24-39(26-48-43(40)34(3)57-8)51-20-18-50(19-21-51)37-10-11-37/h12-15,24,26-27,34,37,41-42H,9-11,16-23,25,28-32,47H2,1-8H3/b44-33+. The number of ether oxygens (including phenoxy) is 4. The lowest BCUT2D eigenvalue weighted by Gasteiger charge is -2.58. The minimum Gasteiger partial charge on any atom is -0.465 e. The Morgan fingerprint density at radius 2 is 1.75 bits per heavy atom. The zero-order valence-electron chi connectivity index (χ0n) is 37.1. The SMILES string of the molecule is CCN(/C(=C(\C)CC(C)(C)COC(C)=O)c1cc(N2CCN(C3CC3)CC2)cnc1C(C)OC)c1ccc(N(CCOC)CCC(C(N)C=O)N2CC3(COC3)C2)cc1. The van der Waals surface area contributed by atoms with Crippen LogP contribution in [0.4, 0.5) is 17.1 Å². The number of aromatic nitrogens is 1. The molecule has 4 aliphatic rings. The summed E-state index contributed by atoms with van der Waals surface area (Å²) in [5.74, 6) is -0.274. The highest BCUT2D eigenvalue weighted by Gasteiger charge is 2.51. The van der Waals surface area contributed by atoms with Gasteiger partial charge in [0.1, 0.15) is 6.29 Å². The second kappa shape index (κ2) is 19.9. The van der Waals surface area contributed by atoms with Crippen molar-refractivity contribution in [3.8, 4) is 0 Å². The summed E-state index contributed by atoms with van der Waals surface area (Å²) in [5.41, 5.74) is 13.8. The van der Waals surface area contributed by atoms with Gasteiger partial charge in [-0.05, 0) is 82.4 Å². The number of methoxy groups -OCH3 is 2. The maximum atomic E-state index is 12.0. The first-order valence-corrected chi connectivity index (χ1v) is 21.8. The first kappa shape index (κ1) is 44.9. The predicted octanol–water partition coefficient (Wildman–Crippen LogP) is 5.38. The van der Waals surface area contributed by atoms with E-state index in [-0.39, 0.29) is 28.9 Å². The highest BCUT2D eigenvalue weighted by Crippen LogP contribution is 2.41. The summed E-state index contributed by atoms with van der Waals surface area (Å²) >= 11 is 0. The van der Waals surface area contributed by atoms with Crippen LogP contribution < -0.4 is 20.4 Å². The van der Waals surface area contributed by atoms with E-state index in [9.17, 15) is 9.59 Å². The maximum Gasteiger partial charge on any atom is 0.302 e. The van der Waals surface area contributed by atoms with Gasteiger partial charge >= 0.3 is 5.97 Å². The summed E-state index contributed by atoms with van der Waals surface area (Å²) in [5, 5.41) is 0. The van der Waals surface area contributed by atoms with E-state index in [1.165, 1.54) is 25.3 Å². The molecule has 1 aromatic heterocycles. The van der Waals surface area contributed by atoms with E-state index in [1.807, 2.05) is 6.20 Å². The van der Waals surface area contributed by atoms with Gasteiger partial charge in [-0.25, -0.2) is 0 Å². The fourth-order valence-corrected chi connectivity index (χ4v) is 9.31. The molecular formula is C46H71N7O6. The van der Waals surface area contributed by atoms with Crippen LogP contribution in [0, 0.1) is 10.8 Å². The number of benzene rings is 1. The van der Waals surface area contributed by atoms with E-state index < -0.39 is 6.04 Å². The molecule has 326 valence electrons. The average molecular weight is 818 g/mol. The van der Waals surface area contributed by atoms with Crippen LogP contribution in [0.25, 0.3) is 5.70 Å². The van der Waals surface area contributed by atoms with E-state index in [0.29, 0.717) is 32.7 Å². The van der Waals surface area contributed by atoms with E-state index in [1.54, 1.807) is 14.2 Å². The number of anilines is 3. The topological polar surface area (TPSA) is 126 Å². The van der Waals surface area contributed by atoms with E-state index in [2.05, 4.69) is 89.5 Å². The number of aldehydes is 1. The molecule has 0 bridgehead atoms. The summed E-state index contributed by atoms with van der Waals surface area (Å²) in [4.78, 5) is 41.2. The molecule has 4 fully saturated rings. The number of carbonyl (C=O) groups excluding carboxylic acids is 2. The fourth-order valence-electron chi connectivity index (χ4n) is 9.31. The van der Waals surface area contributed by atoms with Crippen molar-refractivity contribution in [1.29, 1.82) is 0 Å². The Balaban J connectivity index is 1.32. The van der Waals surface area contributed by atoms with Gasteiger partial charge < -0.3 is 44.2 Å². The molecule has 1 saturated carbocycles. The summed E-state index contributed by atoms with van der Waals surface area (Å²) < 4.78 is 22.6. The van der Waals surface area contributed by atoms with Gasteiger partial charge in [-0.3, -0.25) is 19.6 Å². The monoisotopic (exact) mass is 818 g/mol. The highest BCUT2D eigenvalue weighted by molar-refractivity contribution is 5.84. The van der Waals surface area contributed by atoms with Crippen molar-refractivity contribution >= 4 is 35.0 Å². The van der Waals surface area contributed by atoms with E-state index in [0.717, 1.165) is 112 Å². The van der Waals surface area contributed by atoms with Gasteiger partial charge in [-0.2, -0.15) is 0 Å². The number of piperazine rings is 1. The van der Waals surface area contributed by atoms with Crippen LogP contribution in [-0.4, -0.2) is 145 Å².